The molecule has 3 aromatic rings. The first-order chi connectivity index (χ1) is 14.5. The molecule has 7 heteroatoms. The van der Waals surface area contributed by atoms with Crippen LogP contribution >= 0.6 is 11.6 Å². The number of ether oxygens (including phenoxy) is 2. The Morgan fingerprint density at radius 2 is 2.07 bits per heavy atom. The van der Waals surface area contributed by atoms with Crippen LogP contribution in [0.3, 0.4) is 0 Å². The molecule has 0 saturated carbocycles. The van der Waals surface area contributed by atoms with Gasteiger partial charge in [0, 0.05) is 16.0 Å². The van der Waals surface area contributed by atoms with Gasteiger partial charge < -0.3 is 13.9 Å². The summed E-state index contributed by atoms with van der Waals surface area (Å²) in [6.07, 6.45) is 5.53. The molecule has 0 atom stereocenters. The lowest BCUT2D eigenvalue weighted by Gasteiger charge is -2.14. The van der Waals surface area contributed by atoms with Gasteiger partial charge in [-0.25, -0.2) is 5.43 Å². The molecule has 0 bridgehead atoms. The number of carbonyl (C=O) groups excluding carboxylic acids is 1. The van der Waals surface area contributed by atoms with Gasteiger partial charge in [-0.15, -0.1) is 6.58 Å². The van der Waals surface area contributed by atoms with Gasteiger partial charge in [0.2, 0.25) is 0 Å². The molecule has 0 aliphatic carbocycles. The lowest BCUT2D eigenvalue weighted by Crippen LogP contribution is -2.16. The molecule has 0 fully saturated rings. The molecule has 0 aliphatic heterocycles. The second-order valence-corrected chi connectivity index (χ2v) is 6.73. The summed E-state index contributed by atoms with van der Waals surface area (Å²) in [4.78, 5) is 12.3. The molecule has 0 aliphatic rings. The Morgan fingerprint density at radius 3 is 2.80 bits per heavy atom. The molecule has 2 aromatic carbocycles. The smallest absolute Gasteiger partial charge is 0.307 e. The van der Waals surface area contributed by atoms with Crippen LogP contribution in [0.5, 0.6) is 11.5 Å². The van der Waals surface area contributed by atoms with Gasteiger partial charge in [-0.3, -0.25) is 4.79 Å². The Bertz CT molecular complexity index is 1120. The van der Waals surface area contributed by atoms with E-state index in [1.165, 1.54) is 6.21 Å². The minimum Gasteiger partial charge on any atom is -0.493 e. The average Bonchev–Trinajstić information content (AvgIpc) is 3.16. The number of benzene rings is 2. The van der Waals surface area contributed by atoms with Crippen molar-refractivity contribution < 1.29 is 18.7 Å². The van der Waals surface area contributed by atoms with Gasteiger partial charge in [0.25, 0.3) is 0 Å². The number of hydrazone groups is 1. The Hall–Kier alpha value is -3.51. The maximum Gasteiger partial charge on any atom is 0.307 e. The molecule has 1 heterocycles. The maximum atomic E-state index is 12.3. The largest absolute Gasteiger partial charge is 0.493 e. The van der Waals surface area contributed by atoms with Crippen LogP contribution in [-0.4, -0.2) is 25.8 Å². The second kappa shape index (κ2) is 9.80. The van der Waals surface area contributed by atoms with Crippen molar-refractivity contribution in [3.05, 3.63) is 83.6 Å². The zero-order chi connectivity index (χ0) is 21.5. The van der Waals surface area contributed by atoms with E-state index in [1.807, 2.05) is 6.07 Å². The van der Waals surface area contributed by atoms with Crippen molar-refractivity contribution in [3.8, 4) is 11.5 Å². The average molecular weight is 425 g/mol. The number of allylic oxidation sites excluding steroid dienone is 1. The van der Waals surface area contributed by atoms with Crippen LogP contribution in [0.15, 0.2) is 71.2 Å². The number of halogens is 1. The first-order valence-corrected chi connectivity index (χ1v) is 9.51. The van der Waals surface area contributed by atoms with Crippen LogP contribution in [0.2, 0.25) is 5.02 Å². The first-order valence-electron chi connectivity index (χ1n) is 9.13. The highest BCUT2D eigenvalue weighted by atomic mass is 35.5. The summed E-state index contributed by atoms with van der Waals surface area (Å²) < 4.78 is 16.7. The molecule has 1 N–H and O–H groups in total. The number of hydrogen-bond donors (Lipinski definition) is 1. The van der Waals surface area contributed by atoms with Gasteiger partial charge in [-0.05, 0) is 48.4 Å². The van der Waals surface area contributed by atoms with Crippen LogP contribution in [-0.2, 0) is 6.42 Å². The molecule has 6 nitrogen and oxygen atoms in total. The Morgan fingerprint density at radius 1 is 1.23 bits per heavy atom. The van der Waals surface area contributed by atoms with Gasteiger partial charge >= 0.3 is 5.91 Å². The SMILES string of the molecule is C=CCOc1c(CC=C)cc(/C=N/NC(=O)c2cc3cc(Cl)ccc3o2)cc1OC. The van der Waals surface area contributed by atoms with E-state index in [0.29, 0.717) is 35.1 Å². The molecule has 30 heavy (non-hydrogen) atoms. The van der Waals surface area contributed by atoms with Crippen molar-refractivity contribution in [1.29, 1.82) is 0 Å². The van der Waals surface area contributed by atoms with Gasteiger partial charge in [0.05, 0.1) is 13.3 Å². The third-order valence-corrected chi connectivity index (χ3v) is 4.40. The lowest BCUT2D eigenvalue weighted by molar-refractivity contribution is 0.0929. The molecular weight excluding hydrogens is 404 g/mol. The zero-order valence-electron chi connectivity index (χ0n) is 16.5. The molecule has 1 amide bonds. The molecule has 0 radical (unpaired) electrons. The van der Waals surface area contributed by atoms with Crippen molar-refractivity contribution in [2.75, 3.05) is 13.7 Å². The Balaban J connectivity index is 1.78. The summed E-state index contributed by atoms with van der Waals surface area (Å²) in [7, 11) is 1.56. The standard InChI is InChI=1S/C23H21ClN2O4/c1-4-6-16-10-15(11-20(28-3)22(16)29-9-5-2)14-25-26-23(27)21-13-17-12-18(24)7-8-19(17)30-21/h4-5,7-8,10-14H,1-2,6,9H2,3H3,(H,26,27)/b25-14+. The Labute approximate surface area is 179 Å². The topological polar surface area (TPSA) is 73.1 Å². The highest BCUT2D eigenvalue weighted by molar-refractivity contribution is 6.31. The van der Waals surface area contributed by atoms with Crippen LogP contribution in [0.4, 0.5) is 0 Å². The molecule has 0 unspecified atom stereocenters. The van der Waals surface area contributed by atoms with Crippen molar-refractivity contribution in [2.24, 2.45) is 5.10 Å². The lowest BCUT2D eigenvalue weighted by atomic mass is 10.1. The number of amides is 1. The van der Waals surface area contributed by atoms with Gasteiger partial charge in [0.15, 0.2) is 17.3 Å². The van der Waals surface area contributed by atoms with E-state index in [9.17, 15) is 4.79 Å². The maximum absolute atomic E-state index is 12.3. The number of methoxy groups -OCH3 is 1. The minimum atomic E-state index is -0.470. The van der Waals surface area contributed by atoms with E-state index in [-0.39, 0.29) is 5.76 Å². The molecule has 154 valence electrons. The third kappa shape index (κ3) is 4.90. The normalized spacial score (nSPS) is 10.9. The number of nitrogens with one attached hydrogen (secondary N) is 1. The molecule has 0 saturated heterocycles. The number of rotatable bonds is 9. The van der Waals surface area contributed by atoms with E-state index in [0.717, 1.165) is 16.5 Å². The predicted molar refractivity (Wildman–Crippen MR) is 119 cm³/mol. The number of furan rings is 1. The number of hydrogen-bond acceptors (Lipinski definition) is 5. The molecule has 0 spiro atoms. The van der Waals surface area contributed by atoms with E-state index in [2.05, 4.69) is 23.7 Å². The molecular formula is C23H21ClN2O4. The van der Waals surface area contributed by atoms with Crippen molar-refractivity contribution in [2.45, 2.75) is 6.42 Å². The highest BCUT2D eigenvalue weighted by Crippen LogP contribution is 2.33. The van der Waals surface area contributed by atoms with E-state index in [1.54, 1.807) is 49.6 Å². The fourth-order valence-electron chi connectivity index (χ4n) is 2.87. The predicted octanol–water partition coefficient (Wildman–Crippen LogP) is 5.15. The highest BCUT2D eigenvalue weighted by Gasteiger charge is 2.13. The quantitative estimate of drug-likeness (QED) is 0.293. The van der Waals surface area contributed by atoms with E-state index >= 15 is 0 Å². The Kier molecular flexibility index (Phi) is 6.93. The minimum absolute atomic E-state index is 0.141. The zero-order valence-corrected chi connectivity index (χ0v) is 17.2. The second-order valence-electron chi connectivity index (χ2n) is 6.30. The van der Waals surface area contributed by atoms with Crippen LogP contribution in [0.25, 0.3) is 11.0 Å². The van der Waals surface area contributed by atoms with Crippen LogP contribution < -0.4 is 14.9 Å². The summed E-state index contributed by atoms with van der Waals surface area (Å²) >= 11 is 5.96. The van der Waals surface area contributed by atoms with Crippen LogP contribution in [0, 0.1) is 0 Å². The third-order valence-electron chi connectivity index (χ3n) is 4.17. The number of carbonyl (C=O) groups is 1. The van der Waals surface area contributed by atoms with E-state index < -0.39 is 5.91 Å². The van der Waals surface area contributed by atoms with Crippen molar-refractivity contribution >= 4 is 34.7 Å². The number of nitrogens with zero attached hydrogens (tertiary/aromatic N) is 1. The fraction of sp³-hybridized carbons (Fsp3) is 0.130. The first kappa shape index (κ1) is 21.2. The summed E-state index contributed by atoms with van der Waals surface area (Å²) in [5.74, 6) is 0.850. The summed E-state index contributed by atoms with van der Waals surface area (Å²) in [6.45, 7) is 7.80. The van der Waals surface area contributed by atoms with Crippen molar-refractivity contribution in [3.63, 3.8) is 0 Å². The molecule has 3 rings (SSSR count). The van der Waals surface area contributed by atoms with Gasteiger partial charge in [-0.2, -0.15) is 5.10 Å². The summed E-state index contributed by atoms with van der Waals surface area (Å²) in [5.41, 5.74) is 4.64. The fourth-order valence-corrected chi connectivity index (χ4v) is 3.05. The monoisotopic (exact) mass is 424 g/mol. The van der Waals surface area contributed by atoms with Gasteiger partial charge in [-0.1, -0.05) is 30.3 Å². The number of fused-ring (bicyclic) bond motifs is 1. The van der Waals surface area contributed by atoms with Crippen molar-refractivity contribution in [1.82, 2.24) is 5.43 Å². The van der Waals surface area contributed by atoms with Crippen LogP contribution in [0.1, 0.15) is 21.7 Å². The summed E-state index contributed by atoms with van der Waals surface area (Å²) in [6, 6.07) is 10.4. The summed E-state index contributed by atoms with van der Waals surface area (Å²) in [5, 5.41) is 5.33. The van der Waals surface area contributed by atoms with Gasteiger partial charge in [0.1, 0.15) is 12.2 Å². The molecule has 1 aromatic heterocycles. The van der Waals surface area contributed by atoms with E-state index in [4.69, 9.17) is 25.5 Å².